The van der Waals surface area contributed by atoms with E-state index in [0.29, 0.717) is 53.5 Å². The third kappa shape index (κ3) is 8.81. The molecule has 0 aliphatic rings. The Bertz CT molecular complexity index is 896. The van der Waals surface area contributed by atoms with Gasteiger partial charge in [0.25, 0.3) is 0 Å². The van der Waals surface area contributed by atoms with E-state index in [4.69, 9.17) is 49.6 Å². The molecule has 2 N–H and O–H groups in total. The van der Waals surface area contributed by atoms with Crippen LogP contribution in [0, 0.1) is 0 Å². The fraction of sp³-hybridized carbons (Fsp3) is 0.364. The average molecular weight is 485 g/mol. The van der Waals surface area contributed by atoms with Crippen molar-refractivity contribution >= 4 is 46.4 Å². The number of rotatable bonds is 11. The Morgan fingerprint density at radius 1 is 1.03 bits per heavy atom. The Hall–Kier alpha value is -2.22. The number of methoxy groups -OCH3 is 1. The Morgan fingerprint density at radius 2 is 1.77 bits per heavy atom. The quantitative estimate of drug-likeness (QED) is 0.339. The van der Waals surface area contributed by atoms with Crippen molar-refractivity contribution in [3.05, 3.63) is 52.0 Å². The van der Waals surface area contributed by atoms with Crippen molar-refractivity contribution in [1.29, 1.82) is 0 Å². The van der Waals surface area contributed by atoms with Gasteiger partial charge in [0.1, 0.15) is 5.75 Å². The smallest absolute Gasteiger partial charge is 0.226 e. The zero-order chi connectivity index (χ0) is 22.6. The molecule has 0 bridgehead atoms. The van der Waals surface area contributed by atoms with Crippen molar-refractivity contribution in [1.82, 2.24) is 10.6 Å². The summed E-state index contributed by atoms with van der Waals surface area (Å²) in [6.45, 7) is 3.47. The highest BCUT2D eigenvalue weighted by Crippen LogP contribution is 2.28. The number of carbonyl (C=O) groups excluding carboxylic acids is 1. The van der Waals surface area contributed by atoms with E-state index in [-0.39, 0.29) is 17.4 Å². The monoisotopic (exact) mass is 484 g/mol. The van der Waals surface area contributed by atoms with Gasteiger partial charge in [0.05, 0.1) is 25.3 Å². The summed E-state index contributed by atoms with van der Waals surface area (Å²) in [4.78, 5) is 12.1. The van der Waals surface area contributed by atoms with Crippen LogP contribution in [0.5, 0.6) is 17.2 Å². The van der Waals surface area contributed by atoms with Gasteiger partial charge in [0, 0.05) is 18.0 Å². The molecule has 0 saturated heterocycles. The fourth-order valence-corrected chi connectivity index (χ4v) is 3.23. The van der Waals surface area contributed by atoms with Gasteiger partial charge in [-0.15, -0.1) is 0 Å². The van der Waals surface area contributed by atoms with Gasteiger partial charge >= 0.3 is 0 Å². The van der Waals surface area contributed by atoms with Gasteiger partial charge in [-0.25, -0.2) is 0 Å². The minimum atomic E-state index is -0.191. The molecular weight excluding hydrogens is 459 g/mol. The highest BCUT2D eigenvalue weighted by molar-refractivity contribution is 7.80. The summed E-state index contributed by atoms with van der Waals surface area (Å²) in [5.74, 6) is 1.70. The molecule has 1 amide bonds. The number of hydrogen-bond acceptors (Lipinski definition) is 5. The standard InChI is InChI=1S/C22H26Cl2N2O4S/c1-3-10-29-19-8-6-15(12-20(19)28-2)14-25-22(31)26-21(27)5-4-11-30-18-9-7-16(23)13-17(18)24/h6-9,12-13H,3-5,10-11,14H2,1-2H3,(H2,25,26,27,31). The third-order valence-corrected chi connectivity index (χ3v) is 4.87. The predicted molar refractivity (Wildman–Crippen MR) is 128 cm³/mol. The summed E-state index contributed by atoms with van der Waals surface area (Å²) in [6.07, 6.45) is 1.70. The first kappa shape index (κ1) is 25.0. The Labute approximate surface area is 198 Å². The van der Waals surface area contributed by atoms with E-state index in [1.165, 1.54) is 0 Å². The van der Waals surface area contributed by atoms with Gasteiger partial charge in [-0.2, -0.15) is 0 Å². The minimum Gasteiger partial charge on any atom is -0.493 e. The van der Waals surface area contributed by atoms with E-state index in [1.54, 1.807) is 25.3 Å². The second-order valence-electron chi connectivity index (χ2n) is 6.59. The molecule has 168 valence electrons. The van der Waals surface area contributed by atoms with Gasteiger partial charge in [0.2, 0.25) is 5.91 Å². The summed E-state index contributed by atoms with van der Waals surface area (Å²) in [5, 5.41) is 6.91. The van der Waals surface area contributed by atoms with Gasteiger partial charge in [0.15, 0.2) is 16.6 Å². The van der Waals surface area contributed by atoms with Gasteiger partial charge in [-0.05, 0) is 61.0 Å². The maximum atomic E-state index is 12.1. The number of hydrogen-bond donors (Lipinski definition) is 2. The molecule has 0 saturated carbocycles. The van der Waals surface area contributed by atoms with Crippen molar-refractivity contribution in [2.75, 3.05) is 20.3 Å². The van der Waals surface area contributed by atoms with Crippen LogP contribution in [-0.2, 0) is 11.3 Å². The Kier molecular flexibility index (Phi) is 10.7. The van der Waals surface area contributed by atoms with Crippen molar-refractivity contribution in [2.45, 2.75) is 32.7 Å². The average Bonchev–Trinajstić information content (AvgIpc) is 2.75. The van der Waals surface area contributed by atoms with Crippen molar-refractivity contribution in [3.8, 4) is 17.2 Å². The molecule has 0 aliphatic carbocycles. The molecule has 0 aromatic heterocycles. The highest BCUT2D eigenvalue weighted by Gasteiger charge is 2.08. The normalized spacial score (nSPS) is 10.3. The minimum absolute atomic E-state index is 0.191. The van der Waals surface area contributed by atoms with Crippen molar-refractivity contribution in [2.24, 2.45) is 0 Å². The molecule has 0 heterocycles. The number of halogens is 2. The summed E-state index contributed by atoms with van der Waals surface area (Å²) in [6, 6.07) is 10.7. The molecule has 2 aromatic carbocycles. The topological polar surface area (TPSA) is 68.8 Å². The first-order valence-electron chi connectivity index (χ1n) is 9.88. The number of carbonyl (C=O) groups is 1. The summed E-state index contributed by atoms with van der Waals surface area (Å²) in [7, 11) is 1.60. The molecular formula is C22H26Cl2N2O4S. The summed E-state index contributed by atoms with van der Waals surface area (Å²) in [5.41, 5.74) is 0.950. The molecule has 0 unspecified atom stereocenters. The molecule has 0 spiro atoms. The molecule has 0 fully saturated rings. The molecule has 9 heteroatoms. The molecule has 6 nitrogen and oxygen atoms in total. The zero-order valence-electron chi connectivity index (χ0n) is 17.5. The maximum absolute atomic E-state index is 12.1. The zero-order valence-corrected chi connectivity index (χ0v) is 19.8. The van der Waals surface area contributed by atoms with Crippen LogP contribution in [0.15, 0.2) is 36.4 Å². The first-order valence-corrected chi connectivity index (χ1v) is 11.0. The van der Waals surface area contributed by atoms with Gasteiger partial charge in [-0.1, -0.05) is 36.2 Å². The number of amides is 1. The maximum Gasteiger partial charge on any atom is 0.226 e. The van der Waals surface area contributed by atoms with E-state index in [9.17, 15) is 4.79 Å². The highest BCUT2D eigenvalue weighted by atomic mass is 35.5. The first-order chi connectivity index (χ1) is 14.9. The number of thiocarbonyl (C=S) groups is 1. The Balaban J connectivity index is 1.70. The van der Waals surface area contributed by atoms with Crippen LogP contribution in [0.2, 0.25) is 10.0 Å². The molecule has 2 aromatic rings. The van der Waals surface area contributed by atoms with Crippen LogP contribution in [-0.4, -0.2) is 31.3 Å². The van der Waals surface area contributed by atoms with E-state index in [2.05, 4.69) is 10.6 Å². The predicted octanol–water partition coefficient (Wildman–Crippen LogP) is 5.14. The second kappa shape index (κ2) is 13.2. The summed E-state index contributed by atoms with van der Waals surface area (Å²) < 4.78 is 16.6. The van der Waals surface area contributed by atoms with Crippen molar-refractivity contribution in [3.63, 3.8) is 0 Å². The van der Waals surface area contributed by atoms with Crippen LogP contribution in [0.3, 0.4) is 0 Å². The SMILES string of the molecule is CCCOc1ccc(CNC(=S)NC(=O)CCCOc2ccc(Cl)cc2Cl)cc1OC. The molecule has 0 radical (unpaired) electrons. The summed E-state index contributed by atoms with van der Waals surface area (Å²) >= 11 is 17.1. The van der Waals surface area contributed by atoms with Crippen LogP contribution in [0.4, 0.5) is 0 Å². The Morgan fingerprint density at radius 3 is 2.48 bits per heavy atom. The van der Waals surface area contributed by atoms with Gasteiger partial charge in [-0.3, -0.25) is 4.79 Å². The van der Waals surface area contributed by atoms with Crippen LogP contribution in [0.1, 0.15) is 31.7 Å². The third-order valence-electron chi connectivity index (χ3n) is 4.10. The van der Waals surface area contributed by atoms with Crippen molar-refractivity contribution < 1.29 is 19.0 Å². The molecule has 31 heavy (non-hydrogen) atoms. The lowest BCUT2D eigenvalue weighted by molar-refractivity contribution is -0.119. The second-order valence-corrected chi connectivity index (χ2v) is 7.84. The van der Waals surface area contributed by atoms with Gasteiger partial charge < -0.3 is 24.8 Å². The lowest BCUT2D eigenvalue weighted by Crippen LogP contribution is -2.38. The molecule has 2 rings (SSSR count). The van der Waals surface area contributed by atoms with Crippen LogP contribution < -0.4 is 24.8 Å². The van der Waals surface area contributed by atoms with E-state index < -0.39 is 0 Å². The largest absolute Gasteiger partial charge is 0.493 e. The number of nitrogens with one attached hydrogen (secondary N) is 2. The number of ether oxygens (including phenoxy) is 3. The van der Waals surface area contributed by atoms with E-state index >= 15 is 0 Å². The lowest BCUT2D eigenvalue weighted by Gasteiger charge is -2.13. The molecule has 0 atom stereocenters. The lowest BCUT2D eigenvalue weighted by atomic mass is 10.2. The number of benzene rings is 2. The fourth-order valence-electron chi connectivity index (χ4n) is 2.58. The van der Waals surface area contributed by atoms with E-state index in [0.717, 1.165) is 12.0 Å². The van der Waals surface area contributed by atoms with E-state index in [1.807, 2.05) is 25.1 Å². The van der Waals surface area contributed by atoms with Crippen LogP contribution >= 0.6 is 35.4 Å². The molecule has 0 aliphatic heterocycles. The van der Waals surface area contributed by atoms with Crippen LogP contribution in [0.25, 0.3) is 0 Å².